The van der Waals surface area contributed by atoms with E-state index in [0.29, 0.717) is 28.4 Å². The quantitative estimate of drug-likeness (QED) is 0.512. The summed E-state index contributed by atoms with van der Waals surface area (Å²) < 4.78 is 11.4. The molecule has 2 aliphatic rings. The Bertz CT molecular complexity index is 818. The average Bonchev–Trinajstić information content (AvgIpc) is 2.68. The Morgan fingerprint density at radius 1 is 1.19 bits per heavy atom. The van der Waals surface area contributed by atoms with Gasteiger partial charge in [-0.15, -0.1) is 0 Å². The van der Waals surface area contributed by atoms with Crippen molar-refractivity contribution in [3.8, 4) is 5.75 Å². The van der Waals surface area contributed by atoms with Crippen molar-refractivity contribution >= 4 is 23.6 Å². The number of ether oxygens (including phenoxy) is 2. The van der Waals surface area contributed by atoms with E-state index >= 15 is 0 Å². The molecule has 32 heavy (non-hydrogen) atoms. The van der Waals surface area contributed by atoms with Gasteiger partial charge in [0.25, 0.3) is 5.91 Å². The maximum absolute atomic E-state index is 12.3. The minimum absolute atomic E-state index is 0.114. The summed E-state index contributed by atoms with van der Waals surface area (Å²) >= 11 is 6.25. The average molecular weight is 465 g/mol. The molecule has 0 aromatic heterocycles. The maximum atomic E-state index is 12.3. The Kier molecular flexibility index (Phi) is 7.64. The number of amides is 2. The summed E-state index contributed by atoms with van der Waals surface area (Å²) in [4.78, 5) is 27.7. The van der Waals surface area contributed by atoms with Crippen LogP contribution in [-0.4, -0.2) is 61.2 Å². The standard InChI is InChI=1S/C25H37ClN2O4/c1-24(2,3)32-23(30)28-12-10-25(11-13-28)16-18(17-25)7-6-14-31-19-8-9-20(21(26)15-19)22(29)27(4)5/h8-9,15,18H,6-7,10-14,16-17H2,1-5H3. The van der Waals surface area contributed by atoms with Gasteiger partial charge < -0.3 is 19.3 Å². The van der Waals surface area contributed by atoms with Gasteiger partial charge in [0.05, 0.1) is 17.2 Å². The van der Waals surface area contributed by atoms with Crippen LogP contribution in [0.25, 0.3) is 0 Å². The first-order valence-electron chi connectivity index (χ1n) is 11.6. The molecule has 178 valence electrons. The molecule has 1 aromatic rings. The van der Waals surface area contributed by atoms with Crippen LogP contribution in [0.3, 0.4) is 0 Å². The largest absolute Gasteiger partial charge is 0.494 e. The third-order valence-corrected chi connectivity index (χ3v) is 6.83. The van der Waals surface area contributed by atoms with Gasteiger partial charge >= 0.3 is 6.09 Å². The fourth-order valence-electron chi connectivity index (χ4n) is 4.83. The van der Waals surface area contributed by atoms with Gasteiger partial charge in [0, 0.05) is 27.2 Å². The highest BCUT2D eigenvalue weighted by Crippen LogP contribution is 2.54. The number of rotatable bonds is 6. The number of benzene rings is 1. The third-order valence-electron chi connectivity index (χ3n) is 6.52. The predicted molar refractivity (Wildman–Crippen MR) is 126 cm³/mol. The van der Waals surface area contributed by atoms with Crippen molar-refractivity contribution in [1.29, 1.82) is 0 Å². The molecule has 1 aliphatic heterocycles. The van der Waals surface area contributed by atoms with Crippen molar-refractivity contribution in [1.82, 2.24) is 9.80 Å². The molecule has 2 amide bonds. The van der Waals surface area contributed by atoms with E-state index in [-0.39, 0.29) is 12.0 Å². The number of hydrogen-bond donors (Lipinski definition) is 0. The van der Waals surface area contributed by atoms with Crippen LogP contribution in [0.15, 0.2) is 18.2 Å². The number of hydrogen-bond acceptors (Lipinski definition) is 4. The summed E-state index contributed by atoms with van der Waals surface area (Å²) in [5, 5.41) is 0.417. The molecule has 1 saturated heterocycles. The molecule has 0 N–H and O–H groups in total. The molecule has 1 heterocycles. The van der Waals surface area contributed by atoms with Crippen LogP contribution in [0.1, 0.15) is 69.7 Å². The Morgan fingerprint density at radius 3 is 2.41 bits per heavy atom. The number of piperidine rings is 1. The second kappa shape index (κ2) is 9.90. The Labute approximate surface area is 197 Å². The number of nitrogens with zero attached hydrogens (tertiary/aromatic N) is 2. The van der Waals surface area contributed by atoms with Gasteiger partial charge in [0.1, 0.15) is 11.4 Å². The van der Waals surface area contributed by atoms with E-state index in [0.717, 1.165) is 44.7 Å². The van der Waals surface area contributed by atoms with Crippen molar-refractivity contribution in [3.05, 3.63) is 28.8 Å². The van der Waals surface area contributed by atoms with Gasteiger partial charge in [-0.05, 0) is 88.8 Å². The lowest BCUT2D eigenvalue weighted by Gasteiger charge is -2.52. The first kappa shape index (κ1) is 24.7. The summed E-state index contributed by atoms with van der Waals surface area (Å²) in [6.45, 7) is 7.98. The zero-order valence-corrected chi connectivity index (χ0v) is 20.8. The molecule has 0 unspecified atom stereocenters. The summed E-state index contributed by atoms with van der Waals surface area (Å²) in [5.41, 5.74) is 0.473. The SMILES string of the molecule is CN(C)C(=O)c1ccc(OCCCC2CC3(CCN(C(=O)OC(C)(C)C)CC3)C2)cc1Cl. The van der Waals surface area contributed by atoms with Crippen LogP contribution in [0, 0.1) is 11.3 Å². The van der Waals surface area contributed by atoms with Crippen LogP contribution in [-0.2, 0) is 4.74 Å². The second-order valence-corrected chi connectivity index (χ2v) is 11.0. The van der Waals surface area contributed by atoms with E-state index in [9.17, 15) is 9.59 Å². The number of carbonyl (C=O) groups excluding carboxylic acids is 2. The highest BCUT2D eigenvalue weighted by Gasteiger charge is 2.46. The Morgan fingerprint density at radius 2 is 1.84 bits per heavy atom. The normalized spacial score (nSPS) is 18.2. The molecule has 1 saturated carbocycles. The lowest BCUT2D eigenvalue weighted by Crippen LogP contribution is -2.49. The van der Waals surface area contributed by atoms with E-state index in [2.05, 4.69) is 0 Å². The number of halogens is 1. The minimum Gasteiger partial charge on any atom is -0.494 e. The van der Waals surface area contributed by atoms with Gasteiger partial charge in [0.15, 0.2) is 0 Å². The molecule has 1 spiro atoms. The topological polar surface area (TPSA) is 59.1 Å². The van der Waals surface area contributed by atoms with Crippen molar-refractivity contribution in [2.45, 2.75) is 64.9 Å². The molecule has 1 aromatic carbocycles. The molecular formula is C25H37ClN2O4. The smallest absolute Gasteiger partial charge is 0.410 e. The molecule has 7 heteroatoms. The summed E-state index contributed by atoms with van der Waals surface area (Å²) in [6.07, 6.45) is 6.64. The van der Waals surface area contributed by atoms with Gasteiger partial charge in [0.2, 0.25) is 0 Å². The van der Waals surface area contributed by atoms with E-state index < -0.39 is 5.60 Å². The van der Waals surface area contributed by atoms with Crippen LogP contribution in [0.2, 0.25) is 5.02 Å². The van der Waals surface area contributed by atoms with E-state index in [4.69, 9.17) is 21.1 Å². The minimum atomic E-state index is -0.438. The van der Waals surface area contributed by atoms with Crippen molar-refractivity contribution in [2.75, 3.05) is 33.8 Å². The molecule has 0 radical (unpaired) electrons. The number of carbonyl (C=O) groups is 2. The second-order valence-electron chi connectivity index (χ2n) is 10.6. The highest BCUT2D eigenvalue weighted by atomic mass is 35.5. The van der Waals surface area contributed by atoms with E-state index in [1.807, 2.05) is 25.7 Å². The van der Waals surface area contributed by atoms with Crippen molar-refractivity contribution in [2.24, 2.45) is 11.3 Å². The summed E-state index contributed by atoms with van der Waals surface area (Å²) in [5.74, 6) is 1.33. The molecular weight excluding hydrogens is 428 g/mol. The number of likely N-dealkylation sites (tertiary alicyclic amines) is 1. The van der Waals surface area contributed by atoms with E-state index in [1.165, 1.54) is 17.7 Å². The Hall–Kier alpha value is -1.95. The van der Waals surface area contributed by atoms with E-state index in [1.54, 1.807) is 32.3 Å². The Balaban J connectivity index is 1.34. The highest BCUT2D eigenvalue weighted by molar-refractivity contribution is 6.34. The zero-order chi connectivity index (χ0) is 23.5. The van der Waals surface area contributed by atoms with Gasteiger partial charge in [-0.25, -0.2) is 4.79 Å². The van der Waals surface area contributed by atoms with Crippen molar-refractivity contribution in [3.63, 3.8) is 0 Å². The molecule has 0 atom stereocenters. The van der Waals surface area contributed by atoms with Crippen molar-refractivity contribution < 1.29 is 19.1 Å². The van der Waals surface area contributed by atoms with Gasteiger partial charge in [-0.3, -0.25) is 4.79 Å². The van der Waals surface area contributed by atoms with Crippen LogP contribution >= 0.6 is 11.6 Å². The first-order chi connectivity index (χ1) is 15.0. The van der Waals surface area contributed by atoms with Gasteiger partial charge in [-0.2, -0.15) is 0 Å². The van der Waals surface area contributed by atoms with Crippen LogP contribution in [0.5, 0.6) is 5.75 Å². The monoisotopic (exact) mass is 464 g/mol. The van der Waals surface area contributed by atoms with Crippen LogP contribution < -0.4 is 4.74 Å². The van der Waals surface area contributed by atoms with Crippen LogP contribution in [0.4, 0.5) is 4.79 Å². The van der Waals surface area contributed by atoms with Gasteiger partial charge in [-0.1, -0.05) is 11.6 Å². The molecule has 3 rings (SSSR count). The summed E-state index contributed by atoms with van der Waals surface area (Å²) in [6, 6.07) is 5.24. The third kappa shape index (κ3) is 6.31. The predicted octanol–water partition coefficient (Wildman–Crippen LogP) is 5.63. The maximum Gasteiger partial charge on any atom is 0.410 e. The molecule has 6 nitrogen and oxygen atoms in total. The summed E-state index contributed by atoms with van der Waals surface area (Å²) in [7, 11) is 3.41. The fourth-order valence-corrected chi connectivity index (χ4v) is 5.08. The molecule has 0 bridgehead atoms. The fraction of sp³-hybridized carbons (Fsp3) is 0.680. The molecule has 1 aliphatic carbocycles. The molecule has 2 fully saturated rings. The lowest BCUT2D eigenvalue weighted by molar-refractivity contribution is -0.0301. The first-order valence-corrected chi connectivity index (χ1v) is 12.0. The lowest BCUT2D eigenvalue weighted by atomic mass is 9.56. The zero-order valence-electron chi connectivity index (χ0n) is 20.1.